The molecule has 2 unspecified atom stereocenters. The largest absolute Gasteiger partial charge is 0.317 e. The molecular formula is C16H32N2. The van der Waals surface area contributed by atoms with Crippen LogP contribution in [0.3, 0.4) is 0 Å². The molecule has 0 aromatic heterocycles. The highest BCUT2D eigenvalue weighted by Crippen LogP contribution is 2.35. The highest BCUT2D eigenvalue weighted by molar-refractivity contribution is 4.83. The van der Waals surface area contributed by atoms with Gasteiger partial charge in [-0.15, -0.1) is 0 Å². The van der Waals surface area contributed by atoms with Crippen molar-refractivity contribution in [3.8, 4) is 0 Å². The molecule has 0 amide bonds. The lowest BCUT2D eigenvalue weighted by Gasteiger charge is -2.32. The van der Waals surface area contributed by atoms with Gasteiger partial charge in [0.15, 0.2) is 0 Å². The van der Waals surface area contributed by atoms with E-state index >= 15 is 0 Å². The highest BCUT2D eigenvalue weighted by Gasteiger charge is 2.29. The van der Waals surface area contributed by atoms with Gasteiger partial charge in [0.05, 0.1) is 0 Å². The second-order valence-corrected chi connectivity index (χ2v) is 7.36. The molecule has 2 heteroatoms. The molecule has 2 heterocycles. The van der Waals surface area contributed by atoms with Gasteiger partial charge in [-0.05, 0) is 76.0 Å². The van der Waals surface area contributed by atoms with Crippen molar-refractivity contribution in [3.05, 3.63) is 0 Å². The number of hydrogen-bond donors (Lipinski definition) is 1. The third kappa shape index (κ3) is 3.96. The van der Waals surface area contributed by atoms with Gasteiger partial charge in [-0.3, -0.25) is 0 Å². The van der Waals surface area contributed by atoms with Crippen molar-refractivity contribution in [1.29, 1.82) is 0 Å². The average Bonchev–Trinajstić information content (AvgIpc) is 2.70. The first kappa shape index (κ1) is 14.3. The Bertz CT molecular complexity index is 236. The number of hydrogen-bond acceptors (Lipinski definition) is 2. The smallest absolute Gasteiger partial charge is 0.0108 e. The second-order valence-electron chi connectivity index (χ2n) is 7.36. The molecule has 2 atom stereocenters. The SMILES string of the molecule is CC(C)(C)C1CCCN(C2CCCNCC2)CC1. The first-order valence-corrected chi connectivity index (χ1v) is 8.02. The van der Waals surface area contributed by atoms with Crippen molar-refractivity contribution in [1.82, 2.24) is 10.2 Å². The summed E-state index contributed by atoms with van der Waals surface area (Å²) in [6, 6.07) is 0.860. The fourth-order valence-electron chi connectivity index (χ4n) is 3.72. The Hall–Kier alpha value is -0.0800. The van der Waals surface area contributed by atoms with E-state index in [1.54, 1.807) is 0 Å². The van der Waals surface area contributed by atoms with Gasteiger partial charge in [0.2, 0.25) is 0 Å². The topological polar surface area (TPSA) is 15.3 Å². The number of rotatable bonds is 1. The van der Waals surface area contributed by atoms with Crippen molar-refractivity contribution in [2.45, 2.75) is 65.3 Å². The number of nitrogens with one attached hydrogen (secondary N) is 1. The van der Waals surface area contributed by atoms with Crippen LogP contribution in [0.2, 0.25) is 0 Å². The molecule has 0 spiro atoms. The Morgan fingerprint density at radius 2 is 1.72 bits per heavy atom. The molecule has 2 nitrogen and oxygen atoms in total. The van der Waals surface area contributed by atoms with E-state index in [2.05, 4.69) is 31.0 Å². The van der Waals surface area contributed by atoms with Crippen LogP contribution in [0.25, 0.3) is 0 Å². The Labute approximate surface area is 114 Å². The maximum Gasteiger partial charge on any atom is 0.0108 e. The van der Waals surface area contributed by atoms with E-state index in [9.17, 15) is 0 Å². The van der Waals surface area contributed by atoms with Crippen molar-refractivity contribution < 1.29 is 0 Å². The summed E-state index contributed by atoms with van der Waals surface area (Å²) in [6.45, 7) is 12.4. The molecule has 1 N–H and O–H groups in total. The van der Waals surface area contributed by atoms with E-state index in [4.69, 9.17) is 0 Å². The Morgan fingerprint density at radius 3 is 2.50 bits per heavy atom. The molecule has 18 heavy (non-hydrogen) atoms. The summed E-state index contributed by atoms with van der Waals surface area (Å²) < 4.78 is 0. The maximum absolute atomic E-state index is 3.54. The molecule has 2 saturated heterocycles. The van der Waals surface area contributed by atoms with Crippen molar-refractivity contribution in [2.75, 3.05) is 26.2 Å². The molecule has 2 aliphatic rings. The Balaban J connectivity index is 1.88. The summed E-state index contributed by atoms with van der Waals surface area (Å²) in [6.07, 6.45) is 8.39. The van der Waals surface area contributed by atoms with Gasteiger partial charge in [0, 0.05) is 6.04 Å². The maximum atomic E-state index is 3.54. The predicted octanol–water partition coefficient (Wildman–Crippen LogP) is 3.28. The van der Waals surface area contributed by atoms with Crippen LogP contribution in [0.5, 0.6) is 0 Å². The predicted molar refractivity (Wildman–Crippen MR) is 78.9 cm³/mol. The lowest BCUT2D eigenvalue weighted by molar-refractivity contribution is 0.172. The van der Waals surface area contributed by atoms with Crippen LogP contribution in [0.4, 0.5) is 0 Å². The van der Waals surface area contributed by atoms with E-state index in [1.165, 1.54) is 64.7 Å². The van der Waals surface area contributed by atoms with Gasteiger partial charge in [0.1, 0.15) is 0 Å². The van der Waals surface area contributed by atoms with Gasteiger partial charge in [-0.1, -0.05) is 20.8 Å². The first-order chi connectivity index (χ1) is 8.57. The minimum absolute atomic E-state index is 0.501. The summed E-state index contributed by atoms with van der Waals surface area (Å²) in [5, 5.41) is 3.54. The molecule has 0 radical (unpaired) electrons. The van der Waals surface area contributed by atoms with Crippen molar-refractivity contribution >= 4 is 0 Å². The van der Waals surface area contributed by atoms with E-state index < -0.39 is 0 Å². The lowest BCUT2D eigenvalue weighted by Crippen LogP contribution is -2.37. The number of nitrogens with zero attached hydrogens (tertiary/aromatic N) is 1. The minimum atomic E-state index is 0.501. The summed E-state index contributed by atoms with van der Waals surface area (Å²) in [7, 11) is 0. The standard InChI is InChI=1S/C16H32N2/c1-16(2,3)14-6-5-12-18(13-9-14)15-7-4-10-17-11-8-15/h14-15,17H,4-13H2,1-3H3. The Kier molecular flexibility index (Phi) is 5.08. The third-order valence-electron chi connectivity index (χ3n) is 5.05. The molecular weight excluding hydrogens is 220 g/mol. The monoisotopic (exact) mass is 252 g/mol. The van der Waals surface area contributed by atoms with Crippen molar-refractivity contribution in [2.24, 2.45) is 11.3 Å². The molecule has 2 rings (SSSR count). The molecule has 0 aromatic rings. The fourth-order valence-corrected chi connectivity index (χ4v) is 3.72. The van der Waals surface area contributed by atoms with Crippen LogP contribution < -0.4 is 5.32 Å². The number of likely N-dealkylation sites (tertiary alicyclic amines) is 1. The van der Waals surface area contributed by atoms with Gasteiger partial charge in [-0.25, -0.2) is 0 Å². The van der Waals surface area contributed by atoms with Crippen molar-refractivity contribution in [3.63, 3.8) is 0 Å². The van der Waals surface area contributed by atoms with Gasteiger partial charge in [0.25, 0.3) is 0 Å². The van der Waals surface area contributed by atoms with Crippen LogP contribution in [-0.2, 0) is 0 Å². The zero-order chi connectivity index (χ0) is 13.0. The van der Waals surface area contributed by atoms with Crippen LogP contribution in [0.15, 0.2) is 0 Å². The summed E-state index contributed by atoms with van der Waals surface area (Å²) in [5.74, 6) is 0.923. The van der Waals surface area contributed by atoms with E-state index in [0.717, 1.165) is 12.0 Å². The van der Waals surface area contributed by atoms with E-state index in [-0.39, 0.29) is 0 Å². The van der Waals surface area contributed by atoms with Gasteiger partial charge in [-0.2, -0.15) is 0 Å². The zero-order valence-corrected chi connectivity index (χ0v) is 12.7. The normalized spacial score (nSPS) is 32.8. The van der Waals surface area contributed by atoms with E-state index in [1.807, 2.05) is 0 Å². The minimum Gasteiger partial charge on any atom is -0.317 e. The van der Waals surface area contributed by atoms with Crippen LogP contribution in [0, 0.1) is 11.3 Å². The average molecular weight is 252 g/mol. The second kappa shape index (κ2) is 6.38. The highest BCUT2D eigenvalue weighted by atomic mass is 15.2. The molecule has 0 bridgehead atoms. The van der Waals surface area contributed by atoms with E-state index in [0.29, 0.717) is 5.41 Å². The quantitative estimate of drug-likeness (QED) is 0.770. The fraction of sp³-hybridized carbons (Fsp3) is 1.00. The summed E-state index contributed by atoms with van der Waals surface area (Å²) in [5.41, 5.74) is 0.501. The third-order valence-corrected chi connectivity index (χ3v) is 5.05. The zero-order valence-electron chi connectivity index (χ0n) is 12.7. The lowest BCUT2D eigenvalue weighted by atomic mass is 9.77. The van der Waals surface area contributed by atoms with Crippen LogP contribution in [-0.4, -0.2) is 37.1 Å². The summed E-state index contributed by atoms with van der Waals surface area (Å²) >= 11 is 0. The van der Waals surface area contributed by atoms with Crippen LogP contribution in [0.1, 0.15) is 59.3 Å². The molecule has 0 saturated carbocycles. The van der Waals surface area contributed by atoms with Gasteiger partial charge < -0.3 is 10.2 Å². The molecule has 2 aliphatic heterocycles. The molecule has 2 fully saturated rings. The first-order valence-electron chi connectivity index (χ1n) is 8.02. The molecule has 0 aliphatic carbocycles. The Morgan fingerprint density at radius 1 is 0.889 bits per heavy atom. The van der Waals surface area contributed by atoms with Crippen LogP contribution >= 0.6 is 0 Å². The summed E-state index contributed by atoms with van der Waals surface area (Å²) in [4.78, 5) is 2.80. The molecule has 106 valence electrons. The molecule has 0 aromatic carbocycles. The van der Waals surface area contributed by atoms with Gasteiger partial charge >= 0.3 is 0 Å².